The summed E-state index contributed by atoms with van der Waals surface area (Å²) in [6.45, 7) is 9.25. The third-order valence-electron chi connectivity index (χ3n) is 4.76. The van der Waals surface area contributed by atoms with Gasteiger partial charge in [-0.05, 0) is 0 Å². The molecule has 0 nitrogen and oxygen atoms in total. The first-order valence-electron chi connectivity index (χ1n) is 8.07. The van der Waals surface area contributed by atoms with Crippen molar-refractivity contribution in [2.45, 2.75) is 39.8 Å². The SMILES string of the molecule is CCC1=C(C2=CC=CC2)c2c(C)c(=[Si](C)C)ccc2=[C]1[Zr]([Cl])[Cl]. The van der Waals surface area contributed by atoms with E-state index in [1.54, 1.807) is 0 Å². The molecule has 0 amide bonds. The number of hydrogen-bond donors (Lipinski definition) is 0. The van der Waals surface area contributed by atoms with Crippen LogP contribution in [0.2, 0.25) is 13.1 Å². The van der Waals surface area contributed by atoms with Gasteiger partial charge in [0.15, 0.2) is 0 Å². The Labute approximate surface area is 155 Å². The molecule has 2 aliphatic rings. The van der Waals surface area contributed by atoms with Crippen LogP contribution in [0.1, 0.15) is 30.9 Å². The van der Waals surface area contributed by atoms with Crippen LogP contribution in [0.3, 0.4) is 0 Å². The molecule has 0 spiro atoms. The van der Waals surface area contributed by atoms with Crippen LogP contribution in [-0.2, 0) is 19.4 Å². The Kier molecular flexibility index (Phi) is 5.48. The van der Waals surface area contributed by atoms with Gasteiger partial charge in [0.05, 0.1) is 0 Å². The molecular formula is C19H21Cl2SiZr. The molecule has 4 heteroatoms. The third kappa shape index (κ3) is 3.01. The number of rotatable bonds is 3. The average molecular weight is 440 g/mol. The van der Waals surface area contributed by atoms with Crippen molar-refractivity contribution in [3.05, 3.63) is 62.7 Å². The topological polar surface area (TPSA) is 0 Å². The maximum atomic E-state index is 6.57. The van der Waals surface area contributed by atoms with E-state index in [0.717, 1.165) is 12.8 Å². The van der Waals surface area contributed by atoms with Gasteiger partial charge in [0.2, 0.25) is 0 Å². The summed E-state index contributed by atoms with van der Waals surface area (Å²) in [6, 6.07) is 4.61. The second-order valence-corrected chi connectivity index (χ2v) is 17.0. The minimum absolute atomic E-state index is 0.487. The number of fused-ring (bicyclic) bond motifs is 1. The molecule has 1 aromatic rings. The van der Waals surface area contributed by atoms with Gasteiger partial charge in [-0.2, -0.15) is 0 Å². The zero-order valence-electron chi connectivity index (χ0n) is 14.1. The molecule has 3 rings (SSSR count). The summed E-state index contributed by atoms with van der Waals surface area (Å²) in [5, 5.41) is 1.33. The normalized spacial score (nSPS) is 16.1. The Balaban J connectivity index is 2.44. The fourth-order valence-electron chi connectivity index (χ4n) is 3.78. The average Bonchev–Trinajstić information content (AvgIpc) is 3.11. The summed E-state index contributed by atoms with van der Waals surface area (Å²) in [5.41, 5.74) is 7.15. The first-order valence-corrected chi connectivity index (χ1v) is 18.1. The molecule has 0 unspecified atom stereocenters. The van der Waals surface area contributed by atoms with Gasteiger partial charge in [0, 0.05) is 0 Å². The van der Waals surface area contributed by atoms with E-state index in [-0.39, 0.29) is 0 Å². The van der Waals surface area contributed by atoms with E-state index in [1.807, 2.05) is 0 Å². The third-order valence-corrected chi connectivity index (χ3v) is 10.9. The monoisotopic (exact) mass is 437 g/mol. The van der Waals surface area contributed by atoms with Crippen LogP contribution in [0, 0.1) is 11.7 Å². The van der Waals surface area contributed by atoms with Crippen LogP contribution in [0.4, 0.5) is 0 Å². The van der Waals surface area contributed by atoms with E-state index < -0.39 is 27.8 Å². The van der Waals surface area contributed by atoms with Gasteiger partial charge < -0.3 is 0 Å². The van der Waals surface area contributed by atoms with Crippen LogP contribution in [0.25, 0.3) is 8.85 Å². The van der Waals surface area contributed by atoms with Crippen molar-refractivity contribution in [2.75, 3.05) is 0 Å². The Morgan fingerprint density at radius 2 is 1.96 bits per heavy atom. The molecule has 0 heterocycles. The Hall–Kier alpha value is -0.01000. The summed E-state index contributed by atoms with van der Waals surface area (Å²) in [7, 11) is 12.7. The predicted octanol–water partition coefficient (Wildman–Crippen LogP) is 5.68. The Morgan fingerprint density at radius 3 is 2.48 bits per heavy atom. The van der Waals surface area contributed by atoms with E-state index in [0.29, 0.717) is 0 Å². The van der Waals surface area contributed by atoms with Crippen LogP contribution in [-0.4, -0.2) is 8.41 Å². The molecule has 0 radical (unpaired) electrons. The molecule has 0 N–H and O–H groups in total. The summed E-state index contributed by atoms with van der Waals surface area (Å²) in [4.78, 5) is 1.53. The Morgan fingerprint density at radius 1 is 1.22 bits per heavy atom. The van der Waals surface area contributed by atoms with Crippen LogP contribution >= 0.6 is 17.0 Å². The van der Waals surface area contributed by atoms with E-state index >= 15 is 0 Å². The molecule has 0 aromatic heterocycles. The number of halogens is 2. The molecule has 0 atom stereocenters. The first kappa shape index (κ1) is 17.8. The van der Waals surface area contributed by atoms with Crippen molar-refractivity contribution in [1.29, 1.82) is 0 Å². The molecule has 119 valence electrons. The van der Waals surface area contributed by atoms with Gasteiger partial charge in [-0.25, -0.2) is 0 Å². The van der Waals surface area contributed by atoms with E-state index in [9.17, 15) is 0 Å². The van der Waals surface area contributed by atoms with Crippen molar-refractivity contribution in [3.8, 4) is 0 Å². The molecule has 2 aliphatic carbocycles. The van der Waals surface area contributed by atoms with Gasteiger partial charge in [0.1, 0.15) is 0 Å². The van der Waals surface area contributed by atoms with E-state index in [4.69, 9.17) is 17.0 Å². The molecule has 1 aromatic carbocycles. The van der Waals surface area contributed by atoms with Crippen LogP contribution < -0.4 is 5.22 Å². The van der Waals surface area contributed by atoms with Crippen molar-refractivity contribution < 1.29 is 19.4 Å². The zero-order valence-corrected chi connectivity index (χ0v) is 19.0. The number of hydrogen-bond acceptors (Lipinski definition) is 0. The second-order valence-electron chi connectivity index (χ2n) is 6.33. The molecule has 23 heavy (non-hydrogen) atoms. The van der Waals surface area contributed by atoms with Gasteiger partial charge in [-0.3, -0.25) is 0 Å². The van der Waals surface area contributed by atoms with Gasteiger partial charge >= 0.3 is 156 Å². The standard InChI is InChI=1S/C19H21Si.2ClH.Zr/c1-5-14-12-16-10-11-17(20(3)4)13(2)18(16)19(14)15-8-6-7-9-15;;;/h6-8,10-11H,5,9H2,1-4H3;2*1H;/q;;;+2/p-2. The second kappa shape index (κ2) is 7.08. The molecule has 0 aliphatic heterocycles. The summed E-state index contributed by atoms with van der Waals surface area (Å²) >= 11 is -2.51. The first-order chi connectivity index (χ1) is 11.0. The molecule has 0 fully saturated rings. The van der Waals surface area contributed by atoms with Crippen molar-refractivity contribution in [2.24, 2.45) is 0 Å². The Bertz CT molecular complexity index is 885. The minimum atomic E-state index is -2.51. The van der Waals surface area contributed by atoms with Gasteiger partial charge in [-0.1, -0.05) is 0 Å². The van der Waals surface area contributed by atoms with Crippen LogP contribution in [0.15, 0.2) is 41.5 Å². The summed E-state index contributed by atoms with van der Waals surface area (Å²) in [5.74, 6) is 0. The van der Waals surface area contributed by atoms with E-state index in [2.05, 4.69) is 57.3 Å². The number of allylic oxidation sites excluding steroid dienone is 6. The van der Waals surface area contributed by atoms with Crippen molar-refractivity contribution in [3.63, 3.8) is 0 Å². The fourth-order valence-corrected chi connectivity index (χ4v) is 9.94. The predicted molar refractivity (Wildman–Crippen MR) is 101 cm³/mol. The van der Waals surface area contributed by atoms with E-state index in [1.165, 1.54) is 41.2 Å². The molecular weight excluding hydrogens is 418 g/mol. The fraction of sp³-hybridized carbons (Fsp3) is 0.316. The molecule has 0 saturated carbocycles. The molecule has 0 bridgehead atoms. The summed E-state index contributed by atoms with van der Waals surface area (Å²) in [6.07, 6.45) is 8.70. The number of benzene rings is 1. The molecule has 0 saturated heterocycles. The van der Waals surface area contributed by atoms with Crippen molar-refractivity contribution >= 4 is 34.3 Å². The van der Waals surface area contributed by atoms with Crippen molar-refractivity contribution in [1.82, 2.24) is 0 Å². The van der Waals surface area contributed by atoms with Gasteiger partial charge in [-0.15, -0.1) is 0 Å². The zero-order chi connectivity index (χ0) is 16.7. The maximum absolute atomic E-state index is 6.57. The quantitative estimate of drug-likeness (QED) is 0.532. The van der Waals surface area contributed by atoms with Crippen LogP contribution in [0.5, 0.6) is 0 Å². The summed E-state index contributed by atoms with van der Waals surface area (Å²) < 4.78 is 1.31. The van der Waals surface area contributed by atoms with Gasteiger partial charge in [0.25, 0.3) is 0 Å².